The van der Waals surface area contributed by atoms with Gasteiger partial charge in [0.05, 0.1) is 0 Å². The molecule has 93 heavy (non-hydrogen) atoms. The maximum atomic E-state index is 14.1. The molecule has 18 nitrogen and oxygen atoms in total. The predicted molar refractivity (Wildman–Crippen MR) is 294 cm³/mol. The Morgan fingerprint density at radius 1 is 0.323 bits per heavy atom. The summed E-state index contributed by atoms with van der Waals surface area (Å²) in [6, 6.07) is 17.2. The second-order valence-electron chi connectivity index (χ2n) is 20.2. The van der Waals surface area contributed by atoms with Gasteiger partial charge in [0.25, 0.3) is 0 Å². The van der Waals surface area contributed by atoms with E-state index < -0.39 is 164 Å². The Bertz CT molecular complexity index is 3360. The Morgan fingerprint density at radius 3 is 0.677 bits per heavy atom. The molecule has 3 N–H and O–H groups in total. The van der Waals surface area contributed by atoms with E-state index >= 15 is 0 Å². The van der Waals surface area contributed by atoms with Gasteiger partial charge in [0, 0.05) is 0 Å². The summed E-state index contributed by atoms with van der Waals surface area (Å²) in [5.74, 6) is -43.5. The standard InChI is InChI=1S/3C19H17F5NO5P/c3*1-10(19(26)28-11-8-5-9-11)25-31(27,29-12-6-3-2-4-7-12)30-18-16(23)14(21)13(20)15(22)17(18)24/h3*2-4,6-7,10-11H,5,8-9H2,1H3,(H,25,27)/t10-,31?;10-,31+;10-,31-/m000/s1. The van der Waals surface area contributed by atoms with Gasteiger partial charge in [-0.3, -0.25) is 14.4 Å². The molecule has 3 aliphatic carbocycles. The number of esters is 3. The smallest absolute Gasteiger partial charge is 0.461 e. The fourth-order valence-corrected chi connectivity index (χ4v) is 12.1. The summed E-state index contributed by atoms with van der Waals surface area (Å²) in [7, 11) is -14.7. The average molecular weight is 1400 g/mol. The number of benzene rings is 6. The number of ether oxygens (including phenoxy) is 3. The van der Waals surface area contributed by atoms with Crippen molar-refractivity contribution in [3.8, 4) is 34.5 Å². The van der Waals surface area contributed by atoms with Crippen molar-refractivity contribution in [3.63, 3.8) is 0 Å². The van der Waals surface area contributed by atoms with Crippen LogP contribution in [0.25, 0.3) is 0 Å². The molecule has 3 saturated carbocycles. The first kappa shape index (κ1) is 72.5. The monoisotopic (exact) mass is 1400 g/mol. The lowest BCUT2D eigenvalue weighted by Gasteiger charge is -2.28. The number of halogens is 15. The SMILES string of the molecule is C[C@H](NP(=O)(Oc1ccccc1)Oc1c(F)c(F)c(F)c(F)c1F)C(=O)OC1CCC1.C[C@H](N[P@@](=O)(Oc1ccccc1)Oc1c(F)c(F)c(F)c(F)c1F)C(=O)OC1CCC1.C[C@H](N[P@](=O)(Oc1ccccc1)Oc1c(F)c(F)c(F)c(F)c1F)C(=O)OC1CCC1. The van der Waals surface area contributed by atoms with E-state index in [2.05, 4.69) is 28.8 Å². The van der Waals surface area contributed by atoms with Gasteiger partial charge in [0.2, 0.25) is 105 Å². The highest BCUT2D eigenvalue weighted by Gasteiger charge is 2.43. The molecular formula is C57H51F15N3O15P3. The number of hydrogen-bond donors (Lipinski definition) is 3. The van der Waals surface area contributed by atoms with Crippen LogP contribution in [0.3, 0.4) is 0 Å². The maximum Gasteiger partial charge on any atom is 0.513 e. The second kappa shape index (κ2) is 31.3. The summed E-state index contributed by atoms with van der Waals surface area (Å²) in [5, 5.41) is 6.35. The normalized spacial score (nSPS) is 16.7. The first-order chi connectivity index (χ1) is 43.8. The summed E-state index contributed by atoms with van der Waals surface area (Å²) in [4.78, 5) is 36.5. The fourth-order valence-electron chi connectivity index (χ4n) is 7.56. The van der Waals surface area contributed by atoms with Crippen LogP contribution in [0.5, 0.6) is 34.5 Å². The minimum atomic E-state index is -4.90. The van der Waals surface area contributed by atoms with Crippen LogP contribution in [0.2, 0.25) is 0 Å². The van der Waals surface area contributed by atoms with Crippen molar-refractivity contribution in [3.05, 3.63) is 178 Å². The lowest BCUT2D eigenvalue weighted by atomic mass is 9.96. The van der Waals surface area contributed by atoms with E-state index in [1.807, 2.05) is 0 Å². The van der Waals surface area contributed by atoms with Crippen LogP contribution >= 0.6 is 23.2 Å². The minimum absolute atomic E-state index is 0.123. The first-order valence-electron chi connectivity index (χ1n) is 27.5. The van der Waals surface area contributed by atoms with Gasteiger partial charge < -0.3 is 41.4 Å². The number of hydrogen-bond acceptors (Lipinski definition) is 15. The van der Waals surface area contributed by atoms with Crippen molar-refractivity contribution in [2.45, 2.75) is 115 Å². The molecule has 504 valence electrons. The van der Waals surface area contributed by atoms with Crippen molar-refractivity contribution in [1.82, 2.24) is 15.3 Å². The zero-order valence-corrected chi connectivity index (χ0v) is 50.8. The lowest BCUT2D eigenvalue weighted by molar-refractivity contribution is -0.155. The Kier molecular flexibility index (Phi) is 24.4. The van der Waals surface area contributed by atoms with Crippen LogP contribution in [0.1, 0.15) is 78.6 Å². The summed E-state index contributed by atoms with van der Waals surface area (Å²) in [6.07, 6.45) is 5.57. The highest BCUT2D eigenvalue weighted by molar-refractivity contribution is 7.53. The van der Waals surface area contributed by atoms with Gasteiger partial charge in [0.15, 0.2) is 0 Å². The molecule has 6 aromatic carbocycles. The zero-order valence-electron chi connectivity index (χ0n) is 48.1. The molecule has 0 bridgehead atoms. The first-order valence-corrected chi connectivity index (χ1v) is 32.1. The minimum Gasteiger partial charge on any atom is -0.461 e. The van der Waals surface area contributed by atoms with Gasteiger partial charge in [-0.1, -0.05) is 54.6 Å². The van der Waals surface area contributed by atoms with E-state index in [1.165, 1.54) is 93.6 Å². The topological polar surface area (TPSA) is 222 Å². The molecular weight excluding hydrogens is 1340 g/mol. The van der Waals surface area contributed by atoms with Gasteiger partial charge in [-0.25, -0.2) is 53.2 Å². The molecule has 0 saturated heterocycles. The predicted octanol–water partition coefficient (Wildman–Crippen LogP) is 15.1. The summed E-state index contributed by atoms with van der Waals surface area (Å²) in [5.41, 5.74) is 0. The highest BCUT2D eigenvalue weighted by Crippen LogP contribution is 2.51. The number of para-hydroxylation sites is 3. The Morgan fingerprint density at radius 2 is 0.505 bits per heavy atom. The number of carbonyl (C=O) groups is 3. The largest absolute Gasteiger partial charge is 0.513 e. The molecule has 6 atom stereocenters. The van der Waals surface area contributed by atoms with E-state index in [0.29, 0.717) is 38.5 Å². The van der Waals surface area contributed by atoms with Crippen molar-refractivity contribution < 1.29 is 135 Å². The molecule has 0 aromatic heterocycles. The zero-order chi connectivity index (χ0) is 68.3. The number of rotatable bonds is 24. The average Bonchev–Trinajstić information content (AvgIpc) is 0.797. The third-order valence-electron chi connectivity index (χ3n) is 13.2. The molecule has 0 heterocycles. The summed E-state index contributed by atoms with van der Waals surface area (Å²) >= 11 is 0. The molecule has 0 spiro atoms. The Balaban J connectivity index is 0.000000198. The van der Waals surface area contributed by atoms with Crippen LogP contribution in [0.4, 0.5) is 65.9 Å². The van der Waals surface area contributed by atoms with E-state index in [4.69, 9.17) is 27.8 Å². The number of carbonyl (C=O) groups excluding carboxylic acids is 3. The van der Waals surface area contributed by atoms with Gasteiger partial charge in [-0.05, 0) is 115 Å². The Labute approximate surface area is 518 Å². The van der Waals surface area contributed by atoms with E-state index in [0.717, 1.165) is 19.3 Å². The fraction of sp³-hybridized carbons (Fsp3) is 0.316. The van der Waals surface area contributed by atoms with Crippen molar-refractivity contribution >= 4 is 41.1 Å². The van der Waals surface area contributed by atoms with E-state index in [1.54, 1.807) is 18.2 Å². The summed E-state index contributed by atoms with van der Waals surface area (Å²) < 4.78 is 290. The van der Waals surface area contributed by atoms with Crippen LogP contribution in [-0.2, 0) is 42.3 Å². The van der Waals surface area contributed by atoms with Crippen molar-refractivity contribution in [2.24, 2.45) is 0 Å². The highest BCUT2D eigenvalue weighted by atomic mass is 31.2. The third kappa shape index (κ3) is 18.5. The molecule has 36 heteroatoms. The van der Waals surface area contributed by atoms with Crippen LogP contribution < -0.4 is 42.4 Å². The van der Waals surface area contributed by atoms with Crippen molar-refractivity contribution in [2.75, 3.05) is 0 Å². The molecule has 3 aliphatic rings. The van der Waals surface area contributed by atoms with E-state index in [9.17, 15) is 93.9 Å². The molecule has 1 unspecified atom stereocenters. The van der Waals surface area contributed by atoms with Gasteiger partial charge in [-0.2, -0.15) is 41.6 Å². The summed E-state index contributed by atoms with van der Waals surface area (Å²) in [6.45, 7) is 3.64. The quantitative estimate of drug-likeness (QED) is 0.0128. The van der Waals surface area contributed by atoms with Crippen LogP contribution in [-0.4, -0.2) is 54.3 Å². The number of nitrogens with one attached hydrogen (secondary N) is 3. The van der Waals surface area contributed by atoms with Crippen molar-refractivity contribution in [1.29, 1.82) is 0 Å². The second-order valence-corrected chi connectivity index (χ2v) is 25.1. The molecule has 6 aromatic rings. The van der Waals surface area contributed by atoms with E-state index in [-0.39, 0.29) is 35.6 Å². The molecule has 0 aliphatic heterocycles. The van der Waals surface area contributed by atoms with Crippen LogP contribution in [0, 0.1) is 87.3 Å². The third-order valence-corrected chi connectivity index (χ3v) is 17.9. The lowest BCUT2D eigenvalue weighted by Crippen LogP contribution is -2.39. The molecule has 0 radical (unpaired) electrons. The maximum absolute atomic E-state index is 14.1. The molecule has 9 rings (SSSR count). The Hall–Kier alpha value is -7.95. The van der Waals surface area contributed by atoms with Gasteiger partial charge >= 0.3 is 41.1 Å². The molecule has 0 amide bonds. The van der Waals surface area contributed by atoms with Gasteiger partial charge in [-0.15, -0.1) is 0 Å². The van der Waals surface area contributed by atoms with Crippen LogP contribution in [0.15, 0.2) is 91.0 Å². The molecule has 3 fully saturated rings. The van der Waals surface area contributed by atoms with Gasteiger partial charge in [0.1, 0.15) is 53.7 Å².